The molecule has 0 fully saturated rings. The van der Waals surface area contributed by atoms with Crippen molar-refractivity contribution in [3.05, 3.63) is 95.2 Å². The third-order valence-electron chi connectivity index (χ3n) is 5.64. The van der Waals surface area contributed by atoms with Gasteiger partial charge in [-0.15, -0.1) is 6.58 Å². The normalized spacial score (nSPS) is 24.5. The number of aliphatic imine (C=N–C) groups is 1. The minimum atomic E-state index is -0.881. The standard InChI is InChI=1S/C24H26F3N3/c1-2-24(13-16-3-8-21(26)22(27)11-16)14-17(15-29)23(12-18(24)9-10-28)30-20-6-4-19(25)5-7-20/h2-4,6,8,11-12,15H,1,5,7,9-10,13-14,28-29H2. The Balaban J connectivity index is 2.03. The maximum absolute atomic E-state index is 13.8. The smallest absolute Gasteiger partial charge is 0.159 e. The highest BCUT2D eigenvalue weighted by molar-refractivity contribution is 6.10. The van der Waals surface area contributed by atoms with E-state index in [2.05, 4.69) is 6.58 Å². The summed E-state index contributed by atoms with van der Waals surface area (Å²) in [5.41, 5.74) is 15.2. The molecule has 0 aromatic heterocycles. The zero-order chi connectivity index (χ0) is 21.7. The summed E-state index contributed by atoms with van der Waals surface area (Å²) < 4.78 is 40.4. The van der Waals surface area contributed by atoms with Gasteiger partial charge in [-0.25, -0.2) is 13.2 Å². The molecule has 0 aliphatic heterocycles. The lowest BCUT2D eigenvalue weighted by Crippen LogP contribution is -2.32. The summed E-state index contributed by atoms with van der Waals surface area (Å²) in [6.45, 7) is 4.45. The largest absolute Gasteiger partial charge is 0.404 e. The first-order chi connectivity index (χ1) is 14.4. The summed E-state index contributed by atoms with van der Waals surface area (Å²) in [6, 6.07) is 3.92. The molecule has 0 spiro atoms. The highest BCUT2D eigenvalue weighted by atomic mass is 19.2. The van der Waals surface area contributed by atoms with E-state index in [1.54, 1.807) is 12.1 Å². The highest BCUT2D eigenvalue weighted by Crippen LogP contribution is 2.44. The number of hydrogen-bond donors (Lipinski definition) is 2. The molecule has 30 heavy (non-hydrogen) atoms. The van der Waals surface area contributed by atoms with Crippen molar-refractivity contribution in [3.63, 3.8) is 0 Å². The molecule has 3 nitrogen and oxygen atoms in total. The van der Waals surface area contributed by atoms with Gasteiger partial charge in [-0.1, -0.05) is 17.7 Å². The van der Waals surface area contributed by atoms with Crippen LogP contribution in [0, 0.1) is 17.0 Å². The van der Waals surface area contributed by atoms with Crippen LogP contribution in [0.4, 0.5) is 13.2 Å². The van der Waals surface area contributed by atoms with Gasteiger partial charge >= 0.3 is 0 Å². The number of nitrogens with two attached hydrogens (primary N) is 2. The molecule has 0 radical (unpaired) electrons. The van der Waals surface area contributed by atoms with Gasteiger partial charge in [0.1, 0.15) is 5.83 Å². The lowest BCUT2D eigenvalue weighted by atomic mass is 9.66. The minimum Gasteiger partial charge on any atom is -0.404 e. The van der Waals surface area contributed by atoms with Crippen molar-refractivity contribution in [1.82, 2.24) is 0 Å². The van der Waals surface area contributed by atoms with Crippen molar-refractivity contribution in [2.75, 3.05) is 6.54 Å². The average molecular weight is 413 g/mol. The molecule has 2 aliphatic rings. The Kier molecular flexibility index (Phi) is 6.77. The molecule has 6 heteroatoms. The molecule has 0 bridgehead atoms. The molecule has 1 unspecified atom stereocenters. The molecule has 1 aromatic rings. The molecule has 1 aromatic carbocycles. The molecule has 0 amide bonds. The van der Waals surface area contributed by atoms with Crippen molar-refractivity contribution in [2.24, 2.45) is 21.9 Å². The number of allylic oxidation sites excluding steroid dienone is 7. The maximum Gasteiger partial charge on any atom is 0.159 e. The van der Waals surface area contributed by atoms with Crippen molar-refractivity contribution >= 4 is 5.71 Å². The Morgan fingerprint density at radius 2 is 1.93 bits per heavy atom. The van der Waals surface area contributed by atoms with E-state index in [4.69, 9.17) is 16.5 Å². The van der Waals surface area contributed by atoms with E-state index < -0.39 is 17.0 Å². The zero-order valence-corrected chi connectivity index (χ0v) is 16.8. The van der Waals surface area contributed by atoms with E-state index in [1.165, 1.54) is 18.3 Å². The van der Waals surface area contributed by atoms with Crippen LogP contribution in [-0.4, -0.2) is 12.3 Å². The van der Waals surface area contributed by atoms with Crippen LogP contribution in [0.3, 0.4) is 0 Å². The van der Waals surface area contributed by atoms with E-state index in [0.29, 0.717) is 49.9 Å². The monoisotopic (exact) mass is 413 g/mol. The van der Waals surface area contributed by atoms with Crippen LogP contribution in [0.1, 0.15) is 31.2 Å². The second-order valence-corrected chi connectivity index (χ2v) is 7.63. The number of hydrogen-bond acceptors (Lipinski definition) is 3. The van der Waals surface area contributed by atoms with Gasteiger partial charge in [0, 0.05) is 17.5 Å². The van der Waals surface area contributed by atoms with Crippen LogP contribution in [0.15, 0.2) is 82.9 Å². The van der Waals surface area contributed by atoms with Gasteiger partial charge in [0.15, 0.2) is 11.6 Å². The quantitative estimate of drug-likeness (QED) is 0.632. The van der Waals surface area contributed by atoms with Crippen LogP contribution in [0.25, 0.3) is 0 Å². The first-order valence-corrected chi connectivity index (χ1v) is 9.94. The summed E-state index contributed by atoms with van der Waals surface area (Å²) in [6.07, 6.45) is 10.8. The summed E-state index contributed by atoms with van der Waals surface area (Å²) in [7, 11) is 0. The zero-order valence-electron chi connectivity index (χ0n) is 16.8. The van der Waals surface area contributed by atoms with Crippen molar-refractivity contribution in [3.8, 4) is 0 Å². The average Bonchev–Trinajstić information content (AvgIpc) is 2.74. The van der Waals surface area contributed by atoms with Gasteiger partial charge in [-0.3, -0.25) is 4.99 Å². The summed E-state index contributed by atoms with van der Waals surface area (Å²) in [4.78, 5) is 4.70. The van der Waals surface area contributed by atoms with Crippen molar-refractivity contribution in [2.45, 2.75) is 32.1 Å². The van der Waals surface area contributed by atoms with E-state index in [9.17, 15) is 13.2 Å². The van der Waals surface area contributed by atoms with Gasteiger partial charge in [0.25, 0.3) is 0 Å². The van der Waals surface area contributed by atoms with E-state index in [1.807, 2.05) is 12.2 Å². The molecule has 1 atom stereocenters. The Morgan fingerprint density at radius 1 is 1.13 bits per heavy atom. The van der Waals surface area contributed by atoms with Gasteiger partial charge in [-0.05, 0) is 79.9 Å². The fourth-order valence-corrected chi connectivity index (χ4v) is 3.98. The predicted molar refractivity (Wildman–Crippen MR) is 115 cm³/mol. The molecule has 4 N–H and O–H groups in total. The van der Waals surface area contributed by atoms with Gasteiger partial charge in [-0.2, -0.15) is 0 Å². The second kappa shape index (κ2) is 9.30. The van der Waals surface area contributed by atoms with Crippen LogP contribution in [-0.2, 0) is 6.42 Å². The van der Waals surface area contributed by atoms with Gasteiger partial charge in [0.2, 0.25) is 0 Å². The van der Waals surface area contributed by atoms with Crippen molar-refractivity contribution < 1.29 is 13.2 Å². The summed E-state index contributed by atoms with van der Waals surface area (Å²) in [5.74, 6) is -1.92. The summed E-state index contributed by atoms with van der Waals surface area (Å²) in [5, 5.41) is 0. The Morgan fingerprint density at radius 3 is 2.53 bits per heavy atom. The topological polar surface area (TPSA) is 64.4 Å². The van der Waals surface area contributed by atoms with E-state index in [-0.39, 0.29) is 5.83 Å². The SMILES string of the molecule is C=CC1(Cc2ccc(F)c(F)c2)CC(=CN)C(=NC2=CC=C(F)CC2)C=C1CCN. The lowest BCUT2D eigenvalue weighted by molar-refractivity contribution is 0.434. The first-order valence-electron chi connectivity index (χ1n) is 9.94. The third-order valence-corrected chi connectivity index (χ3v) is 5.64. The van der Waals surface area contributed by atoms with Crippen LogP contribution in [0.2, 0.25) is 0 Å². The van der Waals surface area contributed by atoms with Crippen LogP contribution >= 0.6 is 0 Å². The van der Waals surface area contributed by atoms with Crippen molar-refractivity contribution in [1.29, 1.82) is 0 Å². The Hall–Kier alpha value is -2.86. The van der Waals surface area contributed by atoms with E-state index >= 15 is 0 Å². The molecule has 0 saturated heterocycles. The van der Waals surface area contributed by atoms with Crippen LogP contribution < -0.4 is 11.5 Å². The predicted octanol–water partition coefficient (Wildman–Crippen LogP) is 5.17. The first kappa shape index (κ1) is 21.8. The highest BCUT2D eigenvalue weighted by Gasteiger charge is 2.36. The Bertz CT molecular complexity index is 985. The minimum absolute atomic E-state index is 0.159. The van der Waals surface area contributed by atoms with E-state index in [0.717, 1.165) is 22.9 Å². The number of nitrogens with zero attached hydrogens (tertiary/aromatic N) is 1. The number of rotatable bonds is 6. The number of halogens is 3. The Labute approximate surface area is 175 Å². The molecule has 3 rings (SSSR count). The fraction of sp³-hybridized carbons (Fsp3) is 0.292. The molecular formula is C24H26F3N3. The number of benzene rings is 1. The second-order valence-electron chi connectivity index (χ2n) is 7.63. The lowest BCUT2D eigenvalue weighted by Gasteiger charge is -2.38. The third kappa shape index (κ3) is 4.65. The fourth-order valence-electron chi connectivity index (χ4n) is 3.98. The van der Waals surface area contributed by atoms with Gasteiger partial charge in [0.05, 0.1) is 5.71 Å². The molecule has 2 aliphatic carbocycles. The molecule has 158 valence electrons. The van der Waals surface area contributed by atoms with Gasteiger partial charge < -0.3 is 11.5 Å². The maximum atomic E-state index is 13.8. The summed E-state index contributed by atoms with van der Waals surface area (Å²) >= 11 is 0. The molecular weight excluding hydrogens is 387 g/mol. The molecule has 0 heterocycles. The molecule has 0 saturated carbocycles. The van der Waals surface area contributed by atoms with Crippen LogP contribution in [0.5, 0.6) is 0 Å².